The van der Waals surface area contributed by atoms with Gasteiger partial charge in [0, 0.05) is 19.1 Å². The van der Waals surface area contributed by atoms with E-state index in [1.165, 1.54) is 0 Å². The van der Waals surface area contributed by atoms with Crippen LogP contribution in [0.2, 0.25) is 0 Å². The summed E-state index contributed by atoms with van der Waals surface area (Å²) in [5.41, 5.74) is 2.67. The summed E-state index contributed by atoms with van der Waals surface area (Å²) in [4.78, 5) is 2.45. The minimum absolute atomic E-state index is 0.395. The predicted molar refractivity (Wildman–Crippen MR) is 84.3 cm³/mol. The first-order valence-corrected chi connectivity index (χ1v) is 8.00. The van der Waals surface area contributed by atoms with Crippen LogP contribution in [0.3, 0.4) is 0 Å². The minimum Gasteiger partial charge on any atom is -0.365 e. The highest BCUT2D eigenvalue weighted by atomic mass is 15.2. The first-order chi connectivity index (χ1) is 10.2. The summed E-state index contributed by atoms with van der Waals surface area (Å²) >= 11 is 0. The molecule has 2 rings (SSSR count). The second-order valence-corrected chi connectivity index (χ2v) is 5.52. The molecular weight excluding hydrogens is 262 g/mol. The molecule has 0 radical (unpaired) electrons. The van der Waals surface area contributed by atoms with Crippen molar-refractivity contribution in [3.05, 3.63) is 16.8 Å². The fraction of sp³-hybridized carbons (Fsp3) is 0.688. The summed E-state index contributed by atoms with van der Waals surface area (Å²) in [6.07, 6.45) is 3.83. The molecule has 0 aliphatic carbocycles. The fourth-order valence-corrected chi connectivity index (χ4v) is 2.98. The average Bonchev–Trinajstić information content (AvgIpc) is 2.54. The van der Waals surface area contributed by atoms with Crippen LogP contribution in [0.15, 0.2) is 0 Å². The second kappa shape index (κ2) is 7.37. The number of likely N-dealkylation sites (tertiary alicyclic amines) is 1. The van der Waals surface area contributed by atoms with Gasteiger partial charge in [-0.05, 0) is 37.8 Å². The fourth-order valence-electron chi connectivity index (χ4n) is 2.98. The molecule has 0 amide bonds. The van der Waals surface area contributed by atoms with Crippen molar-refractivity contribution in [3.63, 3.8) is 0 Å². The van der Waals surface area contributed by atoms with E-state index in [-0.39, 0.29) is 0 Å². The number of aryl methyl sites for hydroxylation is 1. The monoisotopic (exact) mass is 287 g/mol. The van der Waals surface area contributed by atoms with Crippen LogP contribution in [0, 0.1) is 11.3 Å². The van der Waals surface area contributed by atoms with Gasteiger partial charge in [-0.25, -0.2) is 0 Å². The molecule has 0 bridgehead atoms. The van der Waals surface area contributed by atoms with E-state index in [2.05, 4.69) is 47.3 Å². The van der Waals surface area contributed by atoms with Crippen LogP contribution >= 0.6 is 0 Å². The molecule has 114 valence electrons. The lowest BCUT2D eigenvalue weighted by Gasteiger charge is -2.31. The van der Waals surface area contributed by atoms with Crippen molar-refractivity contribution in [3.8, 4) is 6.07 Å². The van der Waals surface area contributed by atoms with Gasteiger partial charge in [0.05, 0.1) is 5.69 Å². The van der Waals surface area contributed by atoms with Gasteiger partial charge in [0.15, 0.2) is 5.82 Å². The van der Waals surface area contributed by atoms with Gasteiger partial charge in [0.1, 0.15) is 11.6 Å². The molecule has 1 aliphatic rings. The Labute approximate surface area is 127 Å². The van der Waals surface area contributed by atoms with Crippen LogP contribution in [-0.2, 0) is 12.8 Å². The first kappa shape index (κ1) is 15.7. The van der Waals surface area contributed by atoms with Crippen LogP contribution in [0.25, 0.3) is 0 Å². The molecule has 1 saturated heterocycles. The highest BCUT2D eigenvalue weighted by molar-refractivity contribution is 5.56. The summed E-state index contributed by atoms with van der Waals surface area (Å²) in [7, 11) is 0. The molecule has 0 atom stereocenters. The summed E-state index contributed by atoms with van der Waals surface area (Å²) in [6, 6.07) is 2.72. The molecule has 5 nitrogen and oxygen atoms in total. The van der Waals surface area contributed by atoms with Crippen molar-refractivity contribution in [1.29, 1.82) is 5.26 Å². The smallest absolute Gasteiger partial charge is 0.167 e. The van der Waals surface area contributed by atoms with Gasteiger partial charge in [-0.1, -0.05) is 20.8 Å². The van der Waals surface area contributed by atoms with E-state index in [1.807, 2.05) is 0 Å². The molecule has 2 heterocycles. The van der Waals surface area contributed by atoms with E-state index < -0.39 is 0 Å². The largest absolute Gasteiger partial charge is 0.365 e. The molecule has 5 heteroatoms. The van der Waals surface area contributed by atoms with Crippen LogP contribution in [0.1, 0.15) is 50.4 Å². The summed E-state index contributed by atoms with van der Waals surface area (Å²) < 4.78 is 0. The average molecular weight is 287 g/mol. The van der Waals surface area contributed by atoms with Crippen molar-refractivity contribution >= 4 is 5.82 Å². The molecule has 1 aromatic heterocycles. The van der Waals surface area contributed by atoms with E-state index in [0.29, 0.717) is 17.4 Å². The zero-order chi connectivity index (χ0) is 15.2. The summed E-state index contributed by atoms with van der Waals surface area (Å²) in [6.45, 7) is 9.65. The maximum absolute atomic E-state index is 9.49. The number of hydrogen-bond donors (Lipinski definition) is 1. The van der Waals surface area contributed by atoms with Gasteiger partial charge < -0.3 is 10.2 Å². The van der Waals surface area contributed by atoms with Gasteiger partial charge in [0.25, 0.3) is 0 Å². The van der Waals surface area contributed by atoms with Gasteiger partial charge in [0.2, 0.25) is 0 Å². The Morgan fingerprint density at radius 2 is 1.90 bits per heavy atom. The van der Waals surface area contributed by atoms with E-state index in [1.54, 1.807) is 0 Å². The lowest BCUT2D eigenvalue weighted by Crippen LogP contribution is -2.39. The minimum atomic E-state index is 0.395. The Kier molecular flexibility index (Phi) is 5.51. The standard InChI is InChI=1S/C16H25N5/c1-4-13-14(11-17)16(20-19-15(13)5-2)18-12-7-9-21(6-3)10-8-12/h12H,4-10H2,1-3H3,(H,18,20). The van der Waals surface area contributed by atoms with Crippen LogP contribution < -0.4 is 5.32 Å². The molecular formula is C16H25N5. The van der Waals surface area contributed by atoms with E-state index in [9.17, 15) is 5.26 Å². The zero-order valence-corrected chi connectivity index (χ0v) is 13.3. The molecule has 0 aromatic carbocycles. The Morgan fingerprint density at radius 1 is 1.19 bits per heavy atom. The van der Waals surface area contributed by atoms with Crippen molar-refractivity contribution in [2.75, 3.05) is 25.0 Å². The lowest BCUT2D eigenvalue weighted by molar-refractivity contribution is 0.229. The highest BCUT2D eigenvalue weighted by Crippen LogP contribution is 2.22. The third kappa shape index (κ3) is 3.51. The predicted octanol–water partition coefficient (Wildman–Crippen LogP) is 2.37. The molecule has 1 N–H and O–H groups in total. The number of rotatable bonds is 5. The van der Waals surface area contributed by atoms with Crippen molar-refractivity contribution in [2.24, 2.45) is 0 Å². The second-order valence-electron chi connectivity index (χ2n) is 5.52. The van der Waals surface area contributed by atoms with Crippen LogP contribution in [0.4, 0.5) is 5.82 Å². The van der Waals surface area contributed by atoms with Crippen molar-refractivity contribution in [1.82, 2.24) is 15.1 Å². The lowest BCUT2D eigenvalue weighted by atomic mass is 10.0. The van der Waals surface area contributed by atoms with Crippen LogP contribution in [-0.4, -0.2) is 40.8 Å². The maximum Gasteiger partial charge on any atom is 0.167 e. The molecule has 1 aliphatic heterocycles. The first-order valence-electron chi connectivity index (χ1n) is 8.00. The molecule has 1 fully saturated rings. The maximum atomic E-state index is 9.49. The van der Waals surface area contributed by atoms with Gasteiger partial charge >= 0.3 is 0 Å². The number of hydrogen-bond acceptors (Lipinski definition) is 5. The molecule has 0 spiro atoms. The Balaban J connectivity index is 2.15. The van der Waals surface area contributed by atoms with Gasteiger partial charge in [-0.2, -0.15) is 10.4 Å². The molecule has 0 unspecified atom stereocenters. The number of nitrogens with zero attached hydrogens (tertiary/aromatic N) is 4. The highest BCUT2D eigenvalue weighted by Gasteiger charge is 2.21. The number of piperidine rings is 1. The van der Waals surface area contributed by atoms with E-state index in [4.69, 9.17) is 0 Å². The summed E-state index contributed by atoms with van der Waals surface area (Å²) in [5, 5.41) is 21.5. The van der Waals surface area contributed by atoms with Crippen LogP contribution in [0.5, 0.6) is 0 Å². The summed E-state index contributed by atoms with van der Waals surface area (Å²) in [5.74, 6) is 0.668. The Bertz CT molecular complexity index is 512. The number of anilines is 1. The van der Waals surface area contributed by atoms with Crippen molar-refractivity contribution in [2.45, 2.75) is 52.5 Å². The zero-order valence-electron chi connectivity index (χ0n) is 13.3. The number of nitrogens with one attached hydrogen (secondary N) is 1. The van der Waals surface area contributed by atoms with Crippen molar-refractivity contribution < 1.29 is 0 Å². The third-order valence-electron chi connectivity index (χ3n) is 4.33. The van der Waals surface area contributed by atoms with Gasteiger partial charge in [-0.3, -0.25) is 0 Å². The number of aromatic nitrogens is 2. The normalized spacial score (nSPS) is 16.7. The molecule has 0 saturated carbocycles. The molecule has 1 aromatic rings. The van der Waals surface area contributed by atoms with Gasteiger partial charge in [-0.15, -0.1) is 5.10 Å². The Hall–Kier alpha value is -1.67. The Morgan fingerprint density at radius 3 is 2.43 bits per heavy atom. The third-order valence-corrected chi connectivity index (χ3v) is 4.33. The SMILES string of the molecule is CCc1nnc(NC2CCN(CC)CC2)c(C#N)c1CC. The van der Waals surface area contributed by atoms with E-state index >= 15 is 0 Å². The topological polar surface area (TPSA) is 64.8 Å². The quantitative estimate of drug-likeness (QED) is 0.900. The number of nitriles is 1. The molecule has 21 heavy (non-hydrogen) atoms. The van der Waals surface area contributed by atoms with E-state index in [0.717, 1.165) is 56.6 Å².